The van der Waals surface area contributed by atoms with Gasteiger partial charge in [0.2, 0.25) is 0 Å². The monoisotopic (exact) mass is 381 g/mol. The van der Waals surface area contributed by atoms with E-state index < -0.39 is 5.97 Å². The molecule has 4 aromatic rings. The summed E-state index contributed by atoms with van der Waals surface area (Å²) in [5.41, 5.74) is 2.00. The summed E-state index contributed by atoms with van der Waals surface area (Å²) in [5.74, 6) is -0.0303. The fourth-order valence-electron chi connectivity index (χ4n) is 3.03. The first kappa shape index (κ1) is 17.0. The van der Waals surface area contributed by atoms with Crippen molar-refractivity contribution in [3.8, 4) is 11.5 Å². The topological polar surface area (TPSA) is 92.9 Å². The van der Waals surface area contributed by atoms with E-state index in [1.54, 1.807) is 32.3 Å². The normalized spacial score (nSPS) is 11.0. The molecule has 0 spiro atoms. The number of aromatic carboxylic acids is 1. The van der Waals surface area contributed by atoms with Gasteiger partial charge in [0.1, 0.15) is 11.3 Å². The van der Waals surface area contributed by atoms with E-state index >= 15 is 0 Å². The Labute approximate surface area is 157 Å². The minimum absolute atomic E-state index is 0.129. The summed E-state index contributed by atoms with van der Waals surface area (Å²) >= 11 is 1.46. The standard InChI is InChI=1S/C19H15N3O4S/c1-10-13(19(24)25)8-22-17(10)15(5-6-21-22)26-11-3-4-12-14(18(23)20-2)9-27-16(12)7-11/h3-9H,1-2H3,(H,20,23)(H,24,25). The zero-order valence-electron chi connectivity index (χ0n) is 14.5. The van der Waals surface area contributed by atoms with Crippen LogP contribution in [0.15, 0.2) is 42.0 Å². The van der Waals surface area contributed by atoms with Crippen LogP contribution in [0.25, 0.3) is 15.6 Å². The first-order valence-corrected chi connectivity index (χ1v) is 8.99. The van der Waals surface area contributed by atoms with Gasteiger partial charge in [0.25, 0.3) is 5.91 Å². The van der Waals surface area contributed by atoms with E-state index in [0.29, 0.717) is 28.1 Å². The van der Waals surface area contributed by atoms with E-state index in [1.807, 2.05) is 17.5 Å². The molecule has 0 atom stereocenters. The molecule has 0 unspecified atom stereocenters. The molecule has 136 valence electrons. The number of hydrogen-bond acceptors (Lipinski definition) is 5. The minimum atomic E-state index is -1.01. The van der Waals surface area contributed by atoms with Crippen molar-refractivity contribution in [1.82, 2.24) is 14.9 Å². The largest absolute Gasteiger partial charge is 0.478 e. The number of ether oxygens (including phenoxy) is 1. The van der Waals surface area contributed by atoms with Crippen LogP contribution in [-0.2, 0) is 0 Å². The van der Waals surface area contributed by atoms with Gasteiger partial charge >= 0.3 is 5.97 Å². The van der Waals surface area contributed by atoms with Crippen LogP contribution in [0.4, 0.5) is 0 Å². The first-order chi connectivity index (χ1) is 13.0. The average Bonchev–Trinajstić information content (AvgIpc) is 3.23. The number of aromatic nitrogens is 2. The molecule has 8 heteroatoms. The van der Waals surface area contributed by atoms with E-state index in [9.17, 15) is 14.7 Å². The number of nitrogens with one attached hydrogen (secondary N) is 1. The number of carboxylic acid groups (broad SMARTS) is 1. The minimum Gasteiger partial charge on any atom is -0.478 e. The lowest BCUT2D eigenvalue weighted by atomic mass is 10.1. The molecule has 3 aromatic heterocycles. The molecule has 2 N–H and O–H groups in total. The number of benzene rings is 1. The lowest BCUT2D eigenvalue weighted by Crippen LogP contribution is -2.17. The summed E-state index contributed by atoms with van der Waals surface area (Å²) in [7, 11) is 1.60. The molecule has 0 radical (unpaired) electrons. The van der Waals surface area contributed by atoms with Gasteiger partial charge in [-0.15, -0.1) is 11.3 Å². The Kier molecular flexibility index (Phi) is 4.04. The zero-order valence-corrected chi connectivity index (χ0v) is 15.3. The second-order valence-corrected chi connectivity index (χ2v) is 6.86. The van der Waals surface area contributed by atoms with E-state index in [2.05, 4.69) is 10.4 Å². The highest BCUT2D eigenvalue weighted by Gasteiger charge is 2.18. The lowest BCUT2D eigenvalue weighted by molar-refractivity contribution is 0.0696. The number of carbonyl (C=O) groups excluding carboxylic acids is 1. The fourth-order valence-corrected chi connectivity index (χ4v) is 4.00. The van der Waals surface area contributed by atoms with Crippen molar-refractivity contribution < 1.29 is 19.4 Å². The third kappa shape index (κ3) is 2.80. The highest BCUT2D eigenvalue weighted by atomic mass is 32.1. The number of amides is 1. The molecule has 0 aliphatic rings. The van der Waals surface area contributed by atoms with Crippen molar-refractivity contribution in [1.29, 1.82) is 0 Å². The summed E-state index contributed by atoms with van der Waals surface area (Å²) in [6, 6.07) is 7.19. The van der Waals surface area contributed by atoms with Crippen LogP contribution in [0.2, 0.25) is 0 Å². The Bertz CT molecular complexity index is 1210. The molecule has 3 heterocycles. The maximum atomic E-state index is 11.9. The second-order valence-electron chi connectivity index (χ2n) is 5.95. The maximum Gasteiger partial charge on any atom is 0.337 e. The molecule has 0 fully saturated rings. The molecule has 4 rings (SSSR count). The summed E-state index contributed by atoms with van der Waals surface area (Å²) in [6.07, 6.45) is 3.03. The van der Waals surface area contributed by atoms with Crippen LogP contribution in [-0.4, -0.2) is 33.6 Å². The molecular weight excluding hydrogens is 366 g/mol. The Morgan fingerprint density at radius 3 is 2.81 bits per heavy atom. The third-order valence-corrected chi connectivity index (χ3v) is 5.31. The van der Waals surface area contributed by atoms with E-state index in [4.69, 9.17) is 4.74 Å². The van der Waals surface area contributed by atoms with Gasteiger partial charge in [0, 0.05) is 34.8 Å². The van der Waals surface area contributed by atoms with Gasteiger partial charge in [0.05, 0.1) is 17.3 Å². The van der Waals surface area contributed by atoms with Crippen molar-refractivity contribution in [2.24, 2.45) is 0 Å². The summed E-state index contributed by atoms with van der Waals surface area (Å²) in [6.45, 7) is 1.73. The summed E-state index contributed by atoms with van der Waals surface area (Å²) in [4.78, 5) is 23.3. The molecule has 7 nitrogen and oxygen atoms in total. The first-order valence-electron chi connectivity index (χ1n) is 8.11. The quantitative estimate of drug-likeness (QED) is 0.562. The molecule has 27 heavy (non-hydrogen) atoms. The number of aryl methyl sites for hydroxylation is 1. The SMILES string of the molecule is CNC(=O)c1csc2cc(Oc3ccnn4cc(C(=O)O)c(C)c34)ccc12. The third-order valence-electron chi connectivity index (χ3n) is 4.37. The van der Waals surface area contributed by atoms with Crippen LogP contribution < -0.4 is 10.1 Å². The molecule has 1 aromatic carbocycles. The number of carbonyl (C=O) groups is 2. The van der Waals surface area contributed by atoms with Crippen LogP contribution >= 0.6 is 11.3 Å². The van der Waals surface area contributed by atoms with Gasteiger partial charge in [0.15, 0.2) is 5.75 Å². The van der Waals surface area contributed by atoms with Crippen LogP contribution in [0, 0.1) is 6.92 Å². The number of fused-ring (bicyclic) bond motifs is 2. The number of carboxylic acids is 1. The zero-order chi connectivity index (χ0) is 19.1. The van der Waals surface area contributed by atoms with Gasteiger partial charge in [-0.25, -0.2) is 9.31 Å². The molecule has 0 bridgehead atoms. The molecule has 0 saturated carbocycles. The number of thiophene rings is 1. The van der Waals surface area contributed by atoms with Gasteiger partial charge in [-0.2, -0.15) is 5.10 Å². The molecule has 0 aliphatic heterocycles. The average molecular weight is 381 g/mol. The lowest BCUT2D eigenvalue weighted by Gasteiger charge is -2.08. The Morgan fingerprint density at radius 1 is 1.26 bits per heavy atom. The fraction of sp³-hybridized carbons (Fsp3) is 0.105. The summed E-state index contributed by atoms with van der Waals surface area (Å²) < 4.78 is 8.45. The van der Waals surface area contributed by atoms with Gasteiger partial charge < -0.3 is 15.2 Å². The molecule has 0 aliphatic carbocycles. The van der Waals surface area contributed by atoms with Crippen LogP contribution in [0.3, 0.4) is 0 Å². The Morgan fingerprint density at radius 2 is 2.07 bits per heavy atom. The van der Waals surface area contributed by atoms with Crippen molar-refractivity contribution in [2.75, 3.05) is 7.05 Å². The van der Waals surface area contributed by atoms with Crippen molar-refractivity contribution in [2.45, 2.75) is 6.92 Å². The Hall–Kier alpha value is -3.39. The van der Waals surface area contributed by atoms with Gasteiger partial charge in [-0.3, -0.25) is 4.79 Å². The number of nitrogens with zero attached hydrogens (tertiary/aromatic N) is 2. The molecular formula is C19H15N3O4S. The number of hydrogen-bond donors (Lipinski definition) is 2. The van der Waals surface area contributed by atoms with Crippen LogP contribution in [0.5, 0.6) is 11.5 Å². The van der Waals surface area contributed by atoms with E-state index in [0.717, 1.165) is 10.1 Å². The van der Waals surface area contributed by atoms with Crippen LogP contribution in [0.1, 0.15) is 26.3 Å². The van der Waals surface area contributed by atoms with Crippen molar-refractivity contribution in [3.63, 3.8) is 0 Å². The van der Waals surface area contributed by atoms with Gasteiger partial charge in [-0.05, 0) is 30.7 Å². The summed E-state index contributed by atoms with van der Waals surface area (Å²) in [5, 5.41) is 18.8. The van der Waals surface area contributed by atoms with Crippen molar-refractivity contribution >= 4 is 38.8 Å². The molecule has 1 amide bonds. The highest BCUT2D eigenvalue weighted by molar-refractivity contribution is 7.17. The van der Waals surface area contributed by atoms with E-state index in [1.165, 1.54) is 22.0 Å². The van der Waals surface area contributed by atoms with Crippen molar-refractivity contribution in [3.05, 3.63) is 58.7 Å². The number of rotatable bonds is 4. The smallest absolute Gasteiger partial charge is 0.337 e. The highest BCUT2D eigenvalue weighted by Crippen LogP contribution is 2.34. The van der Waals surface area contributed by atoms with Gasteiger partial charge in [-0.1, -0.05) is 0 Å². The predicted octanol–water partition coefficient (Wildman–Crippen LogP) is 3.71. The maximum absolute atomic E-state index is 11.9. The predicted molar refractivity (Wildman–Crippen MR) is 102 cm³/mol. The second kappa shape index (κ2) is 6.40. The Balaban J connectivity index is 1.76. The van der Waals surface area contributed by atoms with E-state index in [-0.39, 0.29) is 11.5 Å². The molecule has 0 saturated heterocycles.